The lowest BCUT2D eigenvalue weighted by molar-refractivity contribution is -0.0964. The van der Waals surface area contributed by atoms with Crippen molar-refractivity contribution >= 4 is 35.1 Å². The molecule has 5 rings (SSSR count). The number of ether oxygens (including phenoxy) is 2. The molecule has 3 aromatic rings. The molecule has 2 atom stereocenters. The van der Waals surface area contributed by atoms with Gasteiger partial charge in [-0.2, -0.15) is 5.10 Å². The minimum Gasteiger partial charge on any atom is -0.465 e. The molecule has 42 heavy (non-hydrogen) atoms. The van der Waals surface area contributed by atoms with E-state index < -0.39 is 23.2 Å². The summed E-state index contributed by atoms with van der Waals surface area (Å²) < 4.78 is 37.8. The molecule has 224 valence electrons. The van der Waals surface area contributed by atoms with Gasteiger partial charge in [0, 0.05) is 54.9 Å². The molecule has 2 aromatic heterocycles. The van der Waals surface area contributed by atoms with E-state index >= 15 is 0 Å². The fraction of sp³-hybridized carbons (Fsp3) is 0.407. The van der Waals surface area contributed by atoms with E-state index in [0.717, 1.165) is 19.3 Å². The average Bonchev–Trinajstić information content (AvgIpc) is 3.60. The summed E-state index contributed by atoms with van der Waals surface area (Å²) in [4.78, 5) is 30.7. The lowest BCUT2D eigenvalue weighted by Crippen LogP contribution is -2.44. The predicted octanol–water partition coefficient (Wildman–Crippen LogP) is 4.27. The third-order valence-corrected chi connectivity index (χ3v) is 7.13. The van der Waals surface area contributed by atoms with E-state index in [1.165, 1.54) is 30.5 Å². The van der Waals surface area contributed by atoms with Crippen LogP contribution in [0.4, 0.5) is 25.1 Å². The first-order valence-corrected chi connectivity index (χ1v) is 13.6. The quantitative estimate of drug-likeness (QED) is 0.262. The second-order valence-corrected chi connectivity index (χ2v) is 10.6. The number of carbonyl (C=O) groups is 2. The van der Waals surface area contributed by atoms with Crippen LogP contribution in [0.5, 0.6) is 5.75 Å². The van der Waals surface area contributed by atoms with Crippen molar-refractivity contribution in [2.24, 2.45) is 0 Å². The number of aromatic nitrogens is 3. The summed E-state index contributed by atoms with van der Waals surface area (Å²) in [6, 6.07) is 8.73. The van der Waals surface area contributed by atoms with Gasteiger partial charge in [-0.15, -0.1) is 8.78 Å². The number of pyridine rings is 1. The number of halogens is 3. The van der Waals surface area contributed by atoms with Crippen LogP contribution in [0.1, 0.15) is 42.3 Å². The molecular formula is C27H29ClF2N6O6. The zero-order valence-corrected chi connectivity index (χ0v) is 23.1. The highest BCUT2D eigenvalue weighted by molar-refractivity contribution is 6.20. The van der Waals surface area contributed by atoms with E-state index in [9.17, 15) is 23.5 Å². The molecule has 4 heterocycles. The maximum Gasteiger partial charge on any atom is 0.487 e. The second-order valence-electron chi connectivity index (χ2n) is 10.2. The smallest absolute Gasteiger partial charge is 0.465 e. The number of rotatable bonds is 9. The third kappa shape index (κ3) is 7.06. The molecule has 12 nitrogen and oxygen atoms in total. The van der Waals surface area contributed by atoms with Crippen molar-refractivity contribution in [2.45, 2.75) is 43.1 Å². The number of alkyl halides is 3. The Bertz CT molecular complexity index is 1430. The summed E-state index contributed by atoms with van der Waals surface area (Å²) in [6.07, 6.45) is 4.48. The number of carbonyl (C=O) groups excluding carboxylic acids is 1. The largest absolute Gasteiger partial charge is 0.487 e. The number of nitrogens with zero attached hydrogens (tertiary/aromatic N) is 4. The zero-order chi connectivity index (χ0) is 29.9. The maximum absolute atomic E-state index is 13.2. The Morgan fingerprint density at radius 1 is 1.24 bits per heavy atom. The van der Waals surface area contributed by atoms with E-state index in [0.29, 0.717) is 42.3 Å². The number of amides is 2. The van der Waals surface area contributed by atoms with Gasteiger partial charge in [0.2, 0.25) is 0 Å². The summed E-state index contributed by atoms with van der Waals surface area (Å²) in [7, 11) is 0. The zero-order valence-electron chi connectivity index (χ0n) is 22.3. The summed E-state index contributed by atoms with van der Waals surface area (Å²) in [5.74, 6) is -0.197. The molecule has 0 saturated carbocycles. The van der Waals surface area contributed by atoms with E-state index in [-0.39, 0.29) is 30.6 Å². The first kappa shape index (κ1) is 29.5. The Morgan fingerprint density at radius 2 is 2.02 bits per heavy atom. The molecule has 2 amide bonds. The van der Waals surface area contributed by atoms with Gasteiger partial charge in [0.05, 0.1) is 17.8 Å². The van der Waals surface area contributed by atoms with Crippen molar-refractivity contribution in [3.05, 3.63) is 54.4 Å². The molecule has 15 heteroatoms. The molecule has 2 fully saturated rings. The molecule has 2 aliphatic rings. The summed E-state index contributed by atoms with van der Waals surface area (Å²) in [5.41, 5.74) is -3.41. The van der Waals surface area contributed by atoms with Crippen molar-refractivity contribution in [3.8, 4) is 17.0 Å². The van der Waals surface area contributed by atoms with Gasteiger partial charge >= 0.3 is 11.7 Å². The standard InChI is InChI=1S/C27H29ClF2N6O6/c28-27(29,30)42-19-6-4-18(5-7-19)34-24(37)17-13-20(21-8-10-33-36(21)22-3-1-2-12-41-22)23(31-14-17)35-11-9-26(40,16-35)15-32-25(38)39/h4-8,10,13-14,22,32,40H,1-3,9,11-12,15-16H2,(H,34,37)(H,38,39). The summed E-state index contributed by atoms with van der Waals surface area (Å²) >= 11 is 4.80. The first-order valence-electron chi connectivity index (χ1n) is 13.3. The Labute approximate surface area is 244 Å². The van der Waals surface area contributed by atoms with Crippen LogP contribution in [0, 0.1) is 0 Å². The van der Waals surface area contributed by atoms with Gasteiger partial charge in [-0.1, -0.05) is 0 Å². The summed E-state index contributed by atoms with van der Waals surface area (Å²) in [5, 5.41) is 29.4. The molecule has 0 bridgehead atoms. The van der Waals surface area contributed by atoms with Crippen LogP contribution in [-0.2, 0) is 4.74 Å². The molecule has 2 unspecified atom stereocenters. The monoisotopic (exact) mass is 606 g/mol. The highest BCUT2D eigenvalue weighted by atomic mass is 35.5. The number of hydrogen-bond acceptors (Lipinski definition) is 8. The van der Waals surface area contributed by atoms with E-state index in [1.54, 1.807) is 23.0 Å². The SMILES string of the molecule is O=C(O)NCC1(O)CCN(c2ncc(C(=O)Nc3ccc(OC(F)(F)Cl)cc3)cc2-c2ccnn2C2CCCCO2)C1. The van der Waals surface area contributed by atoms with Gasteiger partial charge in [0.1, 0.15) is 17.2 Å². The molecule has 2 aliphatic heterocycles. The maximum atomic E-state index is 13.2. The van der Waals surface area contributed by atoms with Crippen LogP contribution in [0.25, 0.3) is 11.3 Å². The summed E-state index contributed by atoms with van der Waals surface area (Å²) in [6.45, 7) is 0.963. The fourth-order valence-electron chi connectivity index (χ4n) is 5.06. The van der Waals surface area contributed by atoms with Gasteiger partial charge in [-0.05, 0) is 62.1 Å². The van der Waals surface area contributed by atoms with Gasteiger partial charge in [0.25, 0.3) is 5.91 Å². The average molecular weight is 607 g/mol. The highest BCUT2D eigenvalue weighted by Crippen LogP contribution is 2.36. The van der Waals surface area contributed by atoms with Crippen LogP contribution >= 0.6 is 11.6 Å². The Morgan fingerprint density at radius 3 is 2.71 bits per heavy atom. The van der Waals surface area contributed by atoms with Gasteiger partial charge in [-0.25, -0.2) is 14.5 Å². The molecule has 0 aliphatic carbocycles. The van der Waals surface area contributed by atoms with Crippen LogP contribution < -0.4 is 20.3 Å². The number of carboxylic acid groups (broad SMARTS) is 1. The van der Waals surface area contributed by atoms with Gasteiger partial charge < -0.3 is 35.2 Å². The number of aliphatic hydroxyl groups is 1. The third-order valence-electron chi connectivity index (χ3n) is 7.05. The van der Waals surface area contributed by atoms with E-state index in [2.05, 4.69) is 25.5 Å². The molecule has 0 radical (unpaired) electrons. The Kier molecular flexibility index (Phi) is 8.48. The van der Waals surface area contributed by atoms with Crippen molar-refractivity contribution in [2.75, 3.05) is 36.5 Å². The number of nitrogens with one attached hydrogen (secondary N) is 2. The van der Waals surface area contributed by atoms with Crippen molar-refractivity contribution in [3.63, 3.8) is 0 Å². The second kappa shape index (κ2) is 12.1. The lowest BCUT2D eigenvalue weighted by atomic mass is 10.0. The topological polar surface area (TPSA) is 151 Å². The van der Waals surface area contributed by atoms with Gasteiger partial charge in [0.15, 0.2) is 6.23 Å². The minimum absolute atomic E-state index is 0.114. The molecule has 1 aromatic carbocycles. The molecule has 2 saturated heterocycles. The number of hydrogen-bond donors (Lipinski definition) is 4. The fourth-order valence-corrected chi connectivity index (χ4v) is 5.15. The molecule has 4 N–H and O–H groups in total. The van der Waals surface area contributed by atoms with Crippen LogP contribution in [0.15, 0.2) is 48.8 Å². The molecular weight excluding hydrogens is 578 g/mol. The Balaban J connectivity index is 1.44. The van der Waals surface area contributed by atoms with Gasteiger partial charge in [-0.3, -0.25) is 4.79 Å². The van der Waals surface area contributed by atoms with Crippen LogP contribution in [0.2, 0.25) is 0 Å². The number of benzene rings is 1. The van der Waals surface area contributed by atoms with Crippen LogP contribution in [0.3, 0.4) is 0 Å². The normalized spacial score (nSPS) is 20.8. The number of anilines is 2. The molecule has 0 spiro atoms. The Hall–Kier alpha value is -4.01. The van der Waals surface area contributed by atoms with Crippen molar-refractivity contribution < 1.29 is 38.1 Å². The highest BCUT2D eigenvalue weighted by Gasteiger charge is 2.38. The first-order chi connectivity index (χ1) is 20.0. The van der Waals surface area contributed by atoms with E-state index in [4.69, 9.17) is 21.4 Å². The predicted molar refractivity (Wildman–Crippen MR) is 148 cm³/mol. The van der Waals surface area contributed by atoms with Crippen molar-refractivity contribution in [1.29, 1.82) is 0 Å². The van der Waals surface area contributed by atoms with Crippen molar-refractivity contribution in [1.82, 2.24) is 20.1 Å². The van der Waals surface area contributed by atoms with Crippen LogP contribution in [-0.4, -0.2) is 74.4 Å². The minimum atomic E-state index is -3.86. The lowest BCUT2D eigenvalue weighted by Gasteiger charge is -2.27. The van der Waals surface area contributed by atoms with E-state index in [1.807, 2.05) is 4.90 Å². The number of β-amino-alcohol motifs (C(OH)–C–C–N with tert-alkyl or cyclic N) is 1.